The van der Waals surface area contributed by atoms with Crippen LogP contribution in [0.5, 0.6) is 0 Å². The van der Waals surface area contributed by atoms with E-state index in [1.54, 1.807) is 0 Å². The number of piperidine rings is 1. The third-order valence-electron chi connectivity index (χ3n) is 7.61. The molecule has 3 aromatic rings. The van der Waals surface area contributed by atoms with Crippen molar-refractivity contribution < 1.29 is 4.79 Å². The van der Waals surface area contributed by atoms with Crippen LogP contribution in [-0.4, -0.2) is 58.6 Å². The second-order valence-corrected chi connectivity index (χ2v) is 10.3. The number of anilines is 2. The Labute approximate surface area is 208 Å². The van der Waals surface area contributed by atoms with E-state index in [1.807, 2.05) is 35.4 Å². The Morgan fingerprint density at radius 2 is 1.89 bits per heavy atom. The average molecular weight is 475 g/mol. The molecule has 1 unspecified atom stereocenters. The third kappa shape index (κ3) is 4.26. The first-order valence-corrected chi connectivity index (χ1v) is 13.1. The summed E-state index contributed by atoms with van der Waals surface area (Å²) in [5, 5.41) is 5.11. The largest absolute Gasteiger partial charge is 0.359 e. The van der Waals surface area contributed by atoms with Crippen LogP contribution in [0.3, 0.4) is 0 Å². The number of hydrogen-bond donors (Lipinski definition) is 0. The second kappa shape index (κ2) is 9.51. The Hall–Kier alpha value is -3.09. The Bertz CT molecular complexity index is 1240. The van der Waals surface area contributed by atoms with E-state index >= 15 is 0 Å². The van der Waals surface area contributed by atoms with Gasteiger partial charge in [-0.15, -0.1) is 0 Å². The van der Waals surface area contributed by atoms with Crippen molar-refractivity contribution in [3.8, 4) is 0 Å². The zero-order valence-electron chi connectivity index (χ0n) is 21.8. The number of aromatic nitrogens is 3. The summed E-state index contributed by atoms with van der Waals surface area (Å²) in [7, 11) is 2.14. The number of amides is 1. The van der Waals surface area contributed by atoms with Crippen LogP contribution in [0.4, 0.5) is 11.6 Å². The van der Waals surface area contributed by atoms with Gasteiger partial charge in [-0.3, -0.25) is 4.79 Å². The molecule has 7 heteroatoms. The maximum absolute atomic E-state index is 13.7. The molecule has 2 aliphatic heterocycles. The molecular formula is C28H38N6O. The maximum Gasteiger partial charge on any atom is 0.254 e. The number of aryl methyl sites for hydroxylation is 2. The topological polar surface area (TPSA) is 57.0 Å². The van der Waals surface area contributed by atoms with Crippen LogP contribution < -0.4 is 9.80 Å². The van der Waals surface area contributed by atoms with Gasteiger partial charge in [0.2, 0.25) is 0 Å². The van der Waals surface area contributed by atoms with Gasteiger partial charge in [0.05, 0.1) is 11.7 Å². The summed E-state index contributed by atoms with van der Waals surface area (Å²) in [6.07, 6.45) is 5.34. The molecule has 0 aliphatic carbocycles. The monoisotopic (exact) mass is 474 g/mol. The highest BCUT2D eigenvalue weighted by Gasteiger charge is 2.32. The molecule has 0 bridgehead atoms. The highest BCUT2D eigenvalue weighted by Crippen LogP contribution is 2.36. The van der Waals surface area contributed by atoms with Crippen molar-refractivity contribution in [1.29, 1.82) is 0 Å². The van der Waals surface area contributed by atoms with E-state index in [-0.39, 0.29) is 11.9 Å². The fourth-order valence-corrected chi connectivity index (χ4v) is 5.57. The summed E-state index contributed by atoms with van der Waals surface area (Å²) >= 11 is 0. The number of fused-ring (bicyclic) bond motifs is 1. The minimum atomic E-state index is -0.0324. The number of likely N-dealkylation sites (tertiary alicyclic amines) is 1. The van der Waals surface area contributed by atoms with E-state index < -0.39 is 0 Å². The lowest BCUT2D eigenvalue weighted by Crippen LogP contribution is -2.39. The Kier molecular flexibility index (Phi) is 6.43. The van der Waals surface area contributed by atoms with Gasteiger partial charge in [0.15, 0.2) is 5.65 Å². The quantitative estimate of drug-likeness (QED) is 0.499. The molecular weight excluding hydrogens is 436 g/mol. The fourth-order valence-electron chi connectivity index (χ4n) is 5.57. The van der Waals surface area contributed by atoms with E-state index in [0.717, 1.165) is 91.5 Å². The minimum absolute atomic E-state index is 0.0324. The molecule has 5 rings (SSSR count). The summed E-state index contributed by atoms with van der Waals surface area (Å²) < 4.78 is 2.01. The molecule has 2 aliphatic rings. The molecule has 2 aromatic heterocycles. The van der Waals surface area contributed by atoms with Crippen molar-refractivity contribution >= 4 is 23.2 Å². The Balaban J connectivity index is 1.58. The van der Waals surface area contributed by atoms with Gasteiger partial charge in [-0.05, 0) is 64.5 Å². The van der Waals surface area contributed by atoms with Crippen LogP contribution in [0, 0.1) is 20.8 Å². The highest BCUT2D eigenvalue weighted by atomic mass is 16.2. The molecule has 0 N–H and O–H groups in total. The first kappa shape index (κ1) is 23.6. The maximum atomic E-state index is 13.7. The Morgan fingerprint density at radius 1 is 1.09 bits per heavy atom. The lowest BCUT2D eigenvalue weighted by molar-refractivity contribution is 0.0605. The number of benzene rings is 1. The fraction of sp³-hybridized carbons (Fsp3) is 0.536. The molecule has 0 radical (unpaired) electrons. The van der Waals surface area contributed by atoms with Crippen LogP contribution >= 0.6 is 0 Å². The van der Waals surface area contributed by atoms with Crippen molar-refractivity contribution in [3.63, 3.8) is 0 Å². The van der Waals surface area contributed by atoms with Crippen LogP contribution in [0.2, 0.25) is 0 Å². The van der Waals surface area contributed by atoms with E-state index in [2.05, 4.69) is 42.8 Å². The number of hydrogen-bond acceptors (Lipinski definition) is 5. The van der Waals surface area contributed by atoms with Crippen LogP contribution in [-0.2, 0) is 0 Å². The van der Waals surface area contributed by atoms with Gasteiger partial charge in [-0.2, -0.15) is 9.61 Å². The van der Waals surface area contributed by atoms with Crippen LogP contribution in [0.25, 0.3) is 5.65 Å². The zero-order valence-corrected chi connectivity index (χ0v) is 21.8. The summed E-state index contributed by atoms with van der Waals surface area (Å²) in [6.45, 7) is 12.3. The lowest BCUT2D eigenvalue weighted by atomic mass is 9.96. The average Bonchev–Trinajstić information content (AvgIpc) is 3.23. The van der Waals surface area contributed by atoms with Crippen molar-refractivity contribution in [2.24, 2.45) is 0 Å². The number of carbonyl (C=O) groups excluding carboxylic acids is 1. The first-order chi connectivity index (χ1) is 16.9. The summed E-state index contributed by atoms with van der Waals surface area (Å²) in [6, 6.07) is 8.22. The van der Waals surface area contributed by atoms with Crippen molar-refractivity contribution in [2.45, 2.75) is 65.8 Å². The van der Waals surface area contributed by atoms with Gasteiger partial charge in [-0.1, -0.05) is 24.6 Å². The smallest absolute Gasteiger partial charge is 0.254 e. The molecule has 2 fully saturated rings. The SMILES string of the molecule is CCCN(C)c1c(C)c(N2CCC2)nc2cc(C3CCCCN3C(=O)c3cc(C)ccc3C)nn12. The predicted octanol–water partition coefficient (Wildman–Crippen LogP) is 5.08. The summed E-state index contributed by atoms with van der Waals surface area (Å²) in [4.78, 5) is 25.5. The standard InChI is InChI=1S/C28H38N6O/c1-6-13-31(5)27-21(4)26(32-14-9-15-32)29-25-18-23(30-34(25)27)24-10-7-8-16-33(24)28(35)22-17-19(2)11-12-20(22)3/h11-12,17-18,24H,6-10,13-16H2,1-5H3. The third-order valence-corrected chi connectivity index (χ3v) is 7.61. The van der Waals surface area contributed by atoms with Gasteiger partial charge in [-0.25, -0.2) is 4.98 Å². The molecule has 7 nitrogen and oxygen atoms in total. The van der Waals surface area contributed by atoms with Gasteiger partial charge in [0, 0.05) is 50.4 Å². The van der Waals surface area contributed by atoms with Crippen LogP contribution in [0.15, 0.2) is 24.3 Å². The molecule has 1 aromatic carbocycles. The van der Waals surface area contributed by atoms with Gasteiger partial charge >= 0.3 is 0 Å². The summed E-state index contributed by atoms with van der Waals surface area (Å²) in [5.74, 6) is 2.29. The number of nitrogens with zero attached hydrogens (tertiary/aromatic N) is 6. The first-order valence-electron chi connectivity index (χ1n) is 13.1. The van der Waals surface area contributed by atoms with E-state index in [0.29, 0.717) is 0 Å². The summed E-state index contributed by atoms with van der Waals surface area (Å²) in [5.41, 5.74) is 5.94. The van der Waals surface area contributed by atoms with Crippen LogP contribution in [0.1, 0.15) is 77.8 Å². The molecule has 2 saturated heterocycles. The van der Waals surface area contributed by atoms with Crippen molar-refractivity contribution in [3.05, 3.63) is 52.2 Å². The van der Waals surface area contributed by atoms with Crippen molar-refractivity contribution in [1.82, 2.24) is 19.5 Å². The predicted molar refractivity (Wildman–Crippen MR) is 142 cm³/mol. The Morgan fingerprint density at radius 3 is 2.60 bits per heavy atom. The molecule has 35 heavy (non-hydrogen) atoms. The van der Waals surface area contributed by atoms with E-state index in [9.17, 15) is 4.79 Å². The second-order valence-electron chi connectivity index (χ2n) is 10.3. The van der Waals surface area contributed by atoms with Gasteiger partial charge in [0.25, 0.3) is 5.91 Å². The van der Waals surface area contributed by atoms with Gasteiger partial charge < -0.3 is 14.7 Å². The highest BCUT2D eigenvalue weighted by molar-refractivity contribution is 5.96. The molecule has 0 spiro atoms. The molecule has 186 valence electrons. The number of rotatable bonds is 6. The molecule has 1 amide bonds. The lowest BCUT2D eigenvalue weighted by Gasteiger charge is -2.35. The van der Waals surface area contributed by atoms with E-state index in [1.165, 1.54) is 12.0 Å². The van der Waals surface area contributed by atoms with E-state index in [4.69, 9.17) is 10.1 Å². The van der Waals surface area contributed by atoms with Crippen molar-refractivity contribution in [2.75, 3.05) is 43.0 Å². The van der Waals surface area contributed by atoms with Gasteiger partial charge in [0.1, 0.15) is 11.6 Å². The normalized spacial score (nSPS) is 18.1. The zero-order chi connectivity index (χ0) is 24.7. The number of carbonyl (C=O) groups is 1. The minimum Gasteiger partial charge on any atom is -0.359 e. The molecule has 4 heterocycles. The molecule has 0 saturated carbocycles. The molecule has 1 atom stereocenters.